The quantitative estimate of drug-likeness (QED) is 0.512. The van der Waals surface area contributed by atoms with E-state index >= 15 is 0 Å². The fourth-order valence-electron chi connectivity index (χ4n) is 1.38. The summed E-state index contributed by atoms with van der Waals surface area (Å²) < 4.78 is 0. The summed E-state index contributed by atoms with van der Waals surface area (Å²) in [5.41, 5.74) is 0.892. The van der Waals surface area contributed by atoms with Crippen LogP contribution in [0.5, 0.6) is 0 Å². The number of nitrogens with one attached hydrogen (secondary N) is 1. The standard InChI is InChI=1S/C11H12Cl2N2O3/c1-7-5-10(15(17)18)8(13)6-9(7)14-11(16)3-2-4-12/h5-6H,2-4H2,1H3,(H,14,16). The fraction of sp³-hybridized carbons (Fsp3) is 0.364. The van der Waals surface area contributed by atoms with Crippen molar-refractivity contribution in [2.45, 2.75) is 19.8 Å². The van der Waals surface area contributed by atoms with Gasteiger partial charge in [-0.3, -0.25) is 14.9 Å². The van der Waals surface area contributed by atoms with Crippen LogP contribution in [0.4, 0.5) is 11.4 Å². The highest BCUT2D eigenvalue weighted by molar-refractivity contribution is 6.33. The first-order valence-electron chi connectivity index (χ1n) is 5.26. The molecule has 0 radical (unpaired) electrons. The molecule has 0 saturated carbocycles. The van der Waals surface area contributed by atoms with Gasteiger partial charge in [0.05, 0.1) is 4.92 Å². The molecule has 7 heteroatoms. The van der Waals surface area contributed by atoms with Crippen molar-refractivity contribution < 1.29 is 9.72 Å². The lowest BCUT2D eigenvalue weighted by Crippen LogP contribution is -2.12. The third-order valence-electron chi connectivity index (χ3n) is 2.30. The maximum absolute atomic E-state index is 11.5. The minimum absolute atomic E-state index is 0.00163. The van der Waals surface area contributed by atoms with Crippen molar-refractivity contribution in [2.24, 2.45) is 0 Å². The van der Waals surface area contributed by atoms with Crippen LogP contribution in [-0.2, 0) is 4.79 Å². The molecular weight excluding hydrogens is 279 g/mol. The molecule has 1 amide bonds. The molecule has 0 fully saturated rings. The first-order valence-corrected chi connectivity index (χ1v) is 6.17. The second-order valence-electron chi connectivity index (χ2n) is 3.72. The number of carbonyl (C=O) groups excluding carboxylic acids is 1. The monoisotopic (exact) mass is 290 g/mol. The molecule has 0 aliphatic rings. The van der Waals surface area contributed by atoms with Crippen LogP contribution < -0.4 is 5.32 Å². The minimum atomic E-state index is -0.561. The van der Waals surface area contributed by atoms with Crippen molar-refractivity contribution in [3.8, 4) is 0 Å². The third-order valence-corrected chi connectivity index (χ3v) is 2.87. The topological polar surface area (TPSA) is 72.2 Å². The largest absolute Gasteiger partial charge is 0.326 e. The average molecular weight is 291 g/mol. The van der Waals surface area contributed by atoms with Crippen LogP contribution in [0.1, 0.15) is 18.4 Å². The van der Waals surface area contributed by atoms with E-state index in [9.17, 15) is 14.9 Å². The summed E-state index contributed by atoms with van der Waals surface area (Å²) in [5.74, 6) is 0.219. The van der Waals surface area contributed by atoms with Crippen molar-refractivity contribution in [1.29, 1.82) is 0 Å². The number of nitro groups is 1. The summed E-state index contributed by atoms with van der Waals surface area (Å²) in [4.78, 5) is 21.6. The van der Waals surface area contributed by atoms with E-state index in [2.05, 4.69) is 5.32 Å². The van der Waals surface area contributed by atoms with E-state index < -0.39 is 4.92 Å². The number of benzene rings is 1. The molecule has 5 nitrogen and oxygen atoms in total. The second kappa shape index (κ2) is 6.56. The molecule has 18 heavy (non-hydrogen) atoms. The SMILES string of the molecule is Cc1cc([N+](=O)[O-])c(Cl)cc1NC(=O)CCCCl. The summed E-state index contributed by atoms with van der Waals surface area (Å²) in [6, 6.07) is 2.72. The van der Waals surface area contributed by atoms with E-state index in [0.717, 1.165) is 0 Å². The Balaban J connectivity index is 2.88. The van der Waals surface area contributed by atoms with Gasteiger partial charge in [0, 0.05) is 24.1 Å². The van der Waals surface area contributed by atoms with E-state index in [1.807, 2.05) is 0 Å². The number of nitrogens with zero attached hydrogens (tertiary/aromatic N) is 1. The Morgan fingerprint density at radius 2 is 2.17 bits per heavy atom. The van der Waals surface area contributed by atoms with Crippen LogP contribution >= 0.6 is 23.2 Å². The Bertz CT molecular complexity index is 478. The van der Waals surface area contributed by atoms with E-state index in [1.165, 1.54) is 12.1 Å². The van der Waals surface area contributed by atoms with E-state index in [4.69, 9.17) is 23.2 Å². The van der Waals surface area contributed by atoms with E-state index in [1.54, 1.807) is 6.92 Å². The van der Waals surface area contributed by atoms with Gasteiger partial charge >= 0.3 is 0 Å². The molecule has 1 aromatic carbocycles. The lowest BCUT2D eigenvalue weighted by Gasteiger charge is -2.08. The Kier molecular flexibility index (Phi) is 5.37. The minimum Gasteiger partial charge on any atom is -0.326 e. The number of alkyl halides is 1. The van der Waals surface area contributed by atoms with Crippen LogP contribution in [0.15, 0.2) is 12.1 Å². The van der Waals surface area contributed by atoms with Crippen molar-refractivity contribution in [3.05, 3.63) is 32.8 Å². The van der Waals surface area contributed by atoms with Gasteiger partial charge in [-0.15, -0.1) is 11.6 Å². The molecule has 0 saturated heterocycles. The molecule has 0 aliphatic heterocycles. The van der Waals surface area contributed by atoms with Gasteiger partial charge in [-0.05, 0) is 25.0 Å². The van der Waals surface area contributed by atoms with Gasteiger partial charge in [0.25, 0.3) is 5.69 Å². The van der Waals surface area contributed by atoms with Crippen LogP contribution in [0.25, 0.3) is 0 Å². The van der Waals surface area contributed by atoms with Gasteiger partial charge in [-0.2, -0.15) is 0 Å². The highest BCUT2D eigenvalue weighted by Crippen LogP contribution is 2.30. The highest BCUT2D eigenvalue weighted by atomic mass is 35.5. The smallest absolute Gasteiger partial charge is 0.288 e. The van der Waals surface area contributed by atoms with E-state index in [0.29, 0.717) is 30.0 Å². The second-order valence-corrected chi connectivity index (χ2v) is 4.50. The number of halogens is 2. The predicted molar refractivity (Wildman–Crippen MR) is 71.4 cm³/mol. The van der Waals surface area contributed by atoms with Crippen LogP contribution in [0.2, 0.25) is 5.02 Å². The van der Waals surface area contributed by atoms with E-state index in [-0.39, 0.29) is 16.6 Å². The lowest BCUT2D eigenvalue weighted by molar-refractivity contribution is -0.384. The Morgan fingerprint density at radius 1 is 1.50 bits per heavy atom. The number of rotatable bonds is 5. The number of carbonyl (C=O) groups is 1. The molecule has 0 spiro atoms. The summed E-state index contributed by atoms with van der Waals surface area (Å²) in [7, 11) is 0. The zero-order chi connectivity index (χ0) is 13.7. The third kappa shape index (κ3) is 3.85. The van der Waals surface area contributed by atoms with Gasteiger partial charge < -0.3 is 5.32 Å². The molecule has 0 aliphatic carbocycles. The zero-order valence-electron chi connectivity index (χ0n) is 9.70. The molecular formula is C11H12Cl2N2O3. The molecule has 0 bridgehead atoms. The number of hydrogen-bond donors (Lipinski definition) is 1. The van der Waals surface area contributed by atoms with Crippen LogP contribution in [0.3, 0.4) is 0 Å². The highest BCUT2D eigenvalue weighted by Gasteiger charge is 2.15. The van der Waals surface area contributed by atoms with Crippen molar-refractivity contribution >= 4 is 40.5 Å². The first kappa shape index (κ1) is 14.7. The molecule has 0 aromatic heterocycles. The zero-order valence-corrected chi connectivity index (χ0v) is 11.2. The lowest BCUT2D eigenvalue weighted by atomic mass is 10.1. The van der Waals surface area contributed by atoms with Crippen molar-refractivity contribution in [3.63, 3.8) is 0 Å². The first-order chi connectivity index (χ1) is 8.45. The summed E-state index contributed by atoms with van der Waals surface area (Å²) in [6.45, 7) is 1.67. The normalized spacial score (nSPS) is 10.2. The summed E-state index contributed by atoms with van der Waals surface area (Å²) in [6.07, 6.45) is 0.880. The number of anilines is 1. The van der Waals surface area contributed by atoms with Crippen LogP contribution in [-0.4, -0.2) is 16.7 Å². The molecule has 1 N–H and O–H groups in total. The summed E-state index contributed by atoms with van der Waals surface area (Å²) >= 11 is 11.3. The Labute approximate surface area is 114 Å². The Hall–Kier alpha value is -1.33. The van der Waals surface area contributed by atoms with Crippen molar-refractivity contribution in [2.75, 3.05) is 11.2 Å². The molecule has 0 atom stereocenters. The number of nitro benzene ring substituents is 1. The fourth-order valence-corrected chi connectivity index (χ4v) is 1.75. The van der Waals surface area contributed by atoms with Crippen LogP contribution in [0, 0.1) is 17.0 Å². The van der Waals surface area contributed by atoms with Gasteiger partial charge in [-0.1, -0.05) is 11.6 Å². The van der Waals surface area contributed by atoms with Crippen molar-refractivity contribution in [1.82, 2.24) is 0 Å². The molecule has 0 unspecified atom stereocenters. The molecule has 0 heterocycles. The van der Waals surface area contributed by atoms with Gasteiger partial charge in [0.2, 0.25) is 5.91 Å². The molecule has 98 valence electrons. The number of aryl methyl sites for hydroxylation is 1. The average Bonchev–Trinajstić information content (AvgIpc) is 2.30. The number of hydrogen-bond acceptors (Lipinski definition) is 3. The number of amides is 1. The molecule has 1 aromatic rings. The maximum atomic E-state index is 11.5. The summed E-state index contributed by atoms with van der Waals surface area (Å²) in [5, 5.41) is 13.3. The van der Waals surface area contributed by atoms with Gasteiger partial charge in [-0.25, -0.2) is 0 Å². The van der Waals surface area contributed by atoms with Gasteiger partial charge in [0.15, 0.2) is 0 Å². The molecule has 1 rings (SSSR count). The van der Waals surface area contributed by atoms with Gasteiger partial charge in [0.1, 0.15) is 5.02 Å². The predicted octanol–water partition coefficient (Wildman–Crippen LogP) is 3.51. The Morgan fingerprint density at radius 3 is 2.72 bits per heavy atom. The maximum Gasteiger partial charge on any atom is 0.288 e.